The molecule has 2 rings (SSSR count). The van der Waals surface area contributed by atoms with E-state index in [1.807, 2.05) is 0 Å². The SMILES string of the molecule is OC[C@@H](O)[C@@H]1C[C@H](O)C[C@H](CC[C@H]2O[C@@H](O)[C@H](O)[C@@H](O)[C@H]2O)N1. The first-order valence-corrected chi connectivity index (χ1v) is 7.94. The molecule has 2 aliphatic rings. The van der Waals surface area contributed by atoms with Gasteiger partial charge in [0.25, 0.3) is 0 Å². The van der Waals surface area contributed by atoms with Crippen LogP contribution in [0.3, 0.4) is 0 Å². The van der Waals surface area contributed by atoms with Gasteiger partial charge in [-0.05, 0) is 25.7 Å². The van der Waals surface area contributed by atoms with Gasteiger partial charge in [-0.1, -0.05) is 0 Å². The maximum Gasteiger partial charge on any atom is 0.183 e. The van der Waals surface area contributed by atoms with Gasteiger partial charge in [0.1, 0.15) is 18.3 Å². The van der Waals surface area contributed by atoms with Gasteiger partial charge in [0, 0.05) is 12.1 Å². The zero-order chi connectivity index (χ0) is 17.1. The molecule has 0 unspecified atom stereocenters. The van der Waals surface area contributed by atoms with Gasteiger partial charge in [0.05, 0.1) is 24.9 Å². The minimum absolute atomic E-state index is 0.165. The van der Waals surface area contributed by atoms with E-state index in [2.05, 4.69) is 5.32 Å². The van der Waals surface area contributed by atoms with Crippen molar-refractivity contribution in [2.75, 3.05) is 6.61 Å². The molecular formula is C14H27NO8. The molecular weight excluding hydrogens is 310 g/mol. The summed E-state index contributed by atoms with van der Waals surface area (Å²) in [7, 11) is 0. The highest BCUT2D eigenvalue weighted by Crippen LogP contribution is 2.25. The predicted molar refractivity (Wildman–Crippen MR) is 77.2 cm³/mol. The number of hydrogen-bond donors (Lipinski definition) is 8. The highest BCUT2D eigenvalue weighted by atomic mass is 16.6. The summed E-state index contributed by atoms with van der Waals surface area (Å²) in [4.78, 5) is 0. The lowest BCUT2D eigenvalue weighted by Crippen LogP contribution is -2.58. The van der Waals surface area contributed by atoms with E-state index in [9.17, 15) is 30.6 Å². The minimum Gasteiger partial charge on any atom is -0.394 e. The van der Waals surface area contributed by atoms with Crippen molar-refractivity contribution in [3.63, 3.8) is 0 Å². The highest BCUT2D eigenvalue weighted by Gasteiger charge is 2.43. The lowest BCUT2D eigenvalue weighted by molar-refractivity contribution is -0.283. The summed E-state index contributed by atoms with van der Waals surface area (Å²) in [5, 5.41) is 70.2. The van der Waals surface area contributed by atoms with Crippen molar-refractivity contribution >= 4 is 0 Å². The van der Waals surface area contributed by atoms with Crippen molar-refractivity contribution in [1.29, 1.82) is 0 Å². The van der Waals surface area contributed by atoms with Crippen molar-refractivity contribution in [3.8, 4) is 0 Å². The summed E-state index contributed by atoms with van der Waals surface area (Å²) in [5.74, 6) is 0. The monoisotopic (exact) mass is 337 g/mol. The average Bonchev–Trinajstić information content (AvgIpc) is 2.53. The van der Waals surface area contributed by atoms with E-state index in [1.54, 1.807) is 0 Å². The zero-order valence-electron chi connectivity index (χ0n) is 12.8. The molecule has 0 amide bonds. The summed E-state index contributed by atoms with van der Waals surface area (Å²) >= 11 is 0. The van der Waals surface area contributed by atoms with Crippen LogP contribution in [0.25, 0.3) is 0 Å². The van der Waals surface area contributed by atoms with Gasteiger partial charge in [0.15, 0.2) is 6.29 Å². The molecule has 2 saturated heterocycles. The van der Waals surface area contributed by atoms with Gasteiger partial charge >= 0.3 is 0 Å². The molecule has 8 N–H and O–H groups in total. The Morgan fingerprint density at radius 1 is 0.957 bits per heavy atom. The third-order valence-electron chi connectivity index (χ3n) is 4.67. The average molecular weight is 337 g/mol. The Morgan fingerprint density at radius 3 is 2.30 bits per heavy atom. The maximum absolute atomic E-state index is 9.90. The predicted octanol–water partition coefficient (Wildman–Crippen LogP) is -3.60. The molecule has 0 bridgehead atoms. The molecule has 9 atom stereocenters. The number of hydrogen-bond acceptors (Lipinski definition) is 9. The fraction of sp³-hybridized carbons (Fsp3) is 1.00. The van der Waals surface area contributed by atoms with Crippen molar-refractivity contribution in [2.24, 2.45) is 0 Å². The first-order chi connectivity index (χ1) is 10.8. The van der Waals surface area contributed by atoms with Crippen LogP contribution in [-0.4, -0.2) is 97.4 Å². The molecule has 9 heteroatoms. The molecule has 136 valence electrons. The third-order valence-corrected chi connectivity index (χ3v) is 4.67. The van der Waals surface area contributed by atoms with Crippen LogP contribution in [0.2, 0.25) is 0 Å². The number of piperidine rings is 1. The number of rotatable bonds is 5. The molecule has 23 heavy (non-hydrogen) atoms. The molecule has 0 radical (unpaired) electrons. The second-order valence-corrected chi connectivity index (χ2v) is 6.46. The summed E-state index contributed by atoms with van der Waals surface area (Å²) in [6, 6.07) is -0.592. The number of ether oxygens (including phenoxy) is 1. The first-order valence-electron chi connectivity index (χ1n) is 7.94. The molecule has 2 heterocycles. The lowest BCUT2D eigenvalue weighted by atomic mass is 9.88. The molecule has 0 saturated carbocycles. The fourth-order valence-corrected chi connectivity index (χ4v) is 3.29. The molecule has 9 nitrogen and oxygen atoms in total. The summed E-state index contributed by atoms with van der Waals surface area (Å²) < 4.78 is 5.11. The molecule has 0 spiro atoms. The Morgan fingerprint density at radius 2 is 1.65 bits per heavy atom. The van der Waals surface area contributed by atoms with Crippen molar-refractivity contribution in [2.45, 2.75) is 80.7 Å². The zero-order valence-corrected chi connectivity index (χ0v) is 12.8. The lowest BCUT2D eigenvalue weighted by Gasteiger charge is -2.40. The third kappa shape index (κ3) is 4.59. The van der Waals surface area contributed by atoms with E-state index in [-0.39, 0.29) is 12.5 Å². The van der Waals surface area contributed by atoms with E-state index >= 15 is 0 Å². The minimum atomic E-state index is -1.56. The second-order valence-electron chi connectivity index (χ2n) is 6.46. The number of aliphatic hydroxyl groups is 7. The van der Waals surface area contributed by atoms with Gasteiger partial charge in [-0.3, -0.25) is 0 Å². The van der Waals surface area contributed by atoms with Gasteiger partial charge in [-0.2, -0.15) is 0 Å². The molecule has 2 aliphatic heterocycles. The van der Waals surface area contributed by atoms with Crippen LogP contribution in [0.15, 0.2) is 0 Å². The van der Waals surface area contributed by atoms with E-state index in [1.165, 1.54) is 0 Å². The Kier molecular flexibility index (Phi) is 6.72. The molecule has 0 aromatic heterocycles. The van der Waals surface area contributed by atoms with E-state index in [0.29, 0.717) is 19.3 Å². The molecule has 0 aliphatic carbocycles. The van der Waals surface area contributed by atoms with Crippen LogP contribution in [0.1, 0.15) is 25.7 Å². The van der Waals surface area contributed by atoms with E-state index < -0.39 is 55.6 Å². The quantitative estimate of drug-likeness (QED) is 0.253. The van der Waals surface area contributed by atoms with Crippen LogP contribution in [-0.2, 0) is 4.74 Å². The Bertz CT molecular complexity index is 373. The first kappa shape index (κ1) is 19.0. The van der Waals surface area contributed by atoms with Crippen LogP contribution in [0.4, 0.5) is 0 Å². The summed E-state index contributed by atoms with van der Waals surface area (Å²) in [5.41, 5.74) is 0. The van der Waals surface area contributed by atoms with Crippen molar-refractivity contribution in [3.05, 3.63) is 0 Å². The number of aliphatic hydroxyl groups excluding tert-OH is 7. The smallest absolute Gasteiger partial charge is 0.183 e. The van der Waals surface area contributed by atoms with Gasteiger partial charge < -0.3 is 45.8 Å². The summed E-state index contributed by atoms with van der Waals surface area (Å²) in [6.45, 7) is -0.405. The standard InChI is InChI=1S/C14H27NO8/c16-5-9(18)8-4-7(17)3-6(15-8)1-2-10-11(19)12(20)13(21)14(22)23-10/h6-22H,1-5H2/t6-,7+,8-,9+,10+,11-,12-,13+,14+/m0/s1. The van der Waals surface area contributed by atoms with Crippen LogP contribution >= 0.6 is 0 Å². The Balaban J connectivity index is 1.87. The van der Waals surface area contributed by atoms with Gasteiger partial charge in [-0.15, -0.1) is 0 Å². The van der Waals surface area contributed by atoms with Crippen molar-refractivity contribution < 1.29 is 40.5 Å². The highest BCUT2D eigenvalue weighted by molar-refractivity contribution is 4.92. The van der Waals surface area contributed by atoms with Crippen LogP contribution in [0, 0.1) is 0 Å². The Labute approximate surface area is 134 Å². The van der Waals surface area contributed by atoms with Crippen LogP contribution in [0.5, 0.6) is 0 Å². The summed E-state index contributed by atoms with van der Waals surface area (Å²) in [6.07, 6.45) is -6.81. The van der Waals surface area contributed by atoms with E-state index in [4.69, 9.17) is 9.84 Å². The molecule has 0 aromatic carbocycles. The molecule has 0 aromatic rings. The topological polar surface area (TPSA) is 163 Å². The molecule has 2 fully saturated rings. The second kappa shape index (κ2) is 8.15. The van der Waals surface area contributed by atoms with Crippen LogP contribution < -0.4 is 5.32 Å². The fourth-order valence-electron chi connectivity index (χ4n) is 3.29. The normalized spacial score (nSPS) is 46.6. The van der Waals surface area contributed by atoms with Crippen molar-refractivity contribution in [1.82, 2.24) is 5.32 Å². The van der Waals surface area contributed by atoms with Gasteiger partial charge in [-0.25, -0.2) is 0 Å². The van der Waals surface area contributed by atoms with E-state index in [0.717, 1.165) is 0 Å². The largest absolute Gasteiger partial charge is 0.394 e. The number of nitrogens with one attached hydrogen (secondary N) is 1. The maximum atomic E-state index is 9.90. The van der Waals surface area contributed by atoms with Gasteiger partial charge in [0.2, 0.25) is 0 Å². The Hall–Kier alpha value is -0.360.